The zero-order chi connectivity index (χ0) is 17.1. The molecular formula is C2H28CoMo3N6O14. The molecule has 20 nitrogen and oxygen atoms in total. The van der Waals surface area contributed by atoms with E-state index in [2.05, 4.69) is 0 Å². The van der Waals surface area contributed by atoms with E-state index in [1.807, 2.05) is 0 Å². The molecule has 0 aromatic rings. The number of rotatable bonds is 0. The molecule has 0 unspecified atom stereocenters. The molecule has 1 radical (unpaired) electrons. The van der Waals surface area contributed by atoms with Crippen molar-refractivity contribution in [1.82, 2.24) is 36.9 Å². The summed E-state index contributed by atoms with van der Waals surface area (Å²) in [6, 6.07) is 0. The van der Waals surface area contributed by atoms with Gasteiger partial charge < -0.3 is 42.0 Å². The van der Waals surface area contributed by atoms with Crippen LogP contribution in [0.15, 0.2) is 0 Å². The van der Waals surface area contributed by atoms with Gasteiger partial charge in [-0.25, -0.2) is 0 Å². The first-order chi connectivity index (χ1) is 7.73. The fourth-order valence-electron chi connectivity index (χ4n) is 0. The summed E-state index contributed by atoms with van der Waals surface area (Å²) in [5, 5.41) is 7.42. The summed E-state index contributed by atoms with van der Waals surface area (Å²) in [6.45, 7) is 1.08. The second-order valence-corrected chi connectivity index (χ2v) is 8.47. The Bertz CT molecular complexity index is 444. The van der Waals surface area contributed by atoms with Crippen LogP contribution in [0.1, 0.15) is 6.92 Å². The van der Waals surface area contributed by atoms with E-state index in [0.29, 0.717) is 0 Å². The number of hydrogen-bond acceptors (Lipinski definition) is 13. The van der Waals surface area contributed by atoms with Gasteiger partial charge in [0.25, 0.3) is 5.97 Å². The van der Waals surface area contributed by atoms with Crippen molar-refractivity contribution in [2.75, 3.05) is 0 Å². The van der Waals surface area contributed by atoms with Crippen LogP contribution in [0.25, 0.3) is 0 Å². The van der Waals surface area contributed by atoms with Crippen molar-refractivity contribution in [2.24, 2.45) is 0 Å². The zero-order valence-electron chi connectivity index (χ0n) is 13.3. The number of carbonyl (C=O) groups is 1. The molecule has 0 rings (SSSR count). The van der Waals surface area contributed by atoms with Crippen LogP contribution in [0.5, 0.6) is 0 Å². The standard InChI is InChI=1S/C2H4O2.Co.3Mo.6H3N.6H2O.6O/c1-2(3)4;;;;;;;;;;;;;;;;;;;;;;/h1H3,(H,3,4);;;;;6*1H3;6*1H2;;;;;;/q;;3*+2;;;;;;;;;;;;;;;;;;/p-6. The van der Waals surface area contributed by atoms with Crippen LogP contribution in [-0.2, 0) is 92.2 Å². The van der Waals surface area contributed by atoms with E-state index in [-0.39, 0.29) is 53.7 Å². The van der Waals surface area contributed by atoms with Crippen LogP contribution in [0.3, 0.4) is 0 Å². The first-order valence-electron chi connectivity index (χ1n) is 3.02. The molecule has 0 aromatic carbocycles. The van der Waals surface area contributed by atoms with E-state index in [1.54, 1.807) is 0 Å². The Balaban J connectivity index is -0.0000000118. The van der Waals surface area contributed by atoms with Gasteiger partial charge in [-0.3, -0.25) is 4.79 Å². The molecule has 0 amide bonds. The molecule has 24 heteroatoms. The molecule has 0 aliphatic carbocycles. The van der Waals surface area contributed by atoms with Gasteiger partial charge in [-0.2, -0.15) is 0 Å². The van der Waals surface area contributed by atoms with Gasteiger partial charge in [0, 0.05) is 23.7 Å². The van der Waals surface area contributed by atoms with E-state index in [1.165, 1.54) is 0 Å². The molecule has 0 saturated carbocycles. The number of hydrogen-bond donors (Lipinski definition) is 13. The molecule has 0 aliphatic rings. The van der Waals surface area contributed by atoms with Crippen LogP contribution in [0.2, 0.25) is 0 Å². The predicted octanol–water partition coefficient (Wildman–Crippen LogP) is -3.00. The van der Waals surface area contributed by atoms with Crippen LogP contribution in [0, 0.1) is 0 Å². The molecule has 177 valence electrons. The quantitative estimate of drug-likeness (QED) is 0.112. The molecule has 0 heterocycles. The third-order valence-corrected chi connectivity index (χ3v) is 0. The third-order valence-electron chi connectivity index (χ3n) is 0. The average Bonchev–Trinajstić information content (AvgIpc) is 1.66. The number of aliphatic carboxylic acids is 1. The Morgan fingerprint density at radius 2 is 0.538 bits per heavy atom. The fraction of sp³-hybridized carbons (Fsp3) is 0.500. The van der Waals surface area contributed by atoms with Crippen molar-refractivity contribution >= 4 is 5.97 Å². The molecule has 0 spiro atoms. The van der Waals surface area contributed by atoms with Gasteiger partial charge in [0.05, 0.1) is 0 Å². The van der Waals surface area contributed by atoms with E-state index in [4.69, 9.17) is 52.8 Å². The van der Waals surface area contributed by atoms with Gasteiger partial charge in [-0.15, -0.1) is 0 Å². The Kier molecular flexibility index (Phi) is 91.2. The van der Waals surface area contributed by atoms with E-state index in [0.717, 1.165) is 6.92 Å². The normalized spacial score (nSPS) is 7.65. The monoisotopic (exact) mass is 713 g/mol. The summed E-state index contributed by atoms with van der Waals surface area (Å²) < 4.78 is 96.0. The molecule has 26 heavy (non-hydrogen) atoms. The van der Waals surface area contributed by atoms with Crippen molar-refractivity contribution in [3.05, 3.63) is 0 Å². The first kappa shape index (κ1) is 71.9. The molecule has 0 fully saturated rings. The second-order valence-electron chi connectivity index (χ2n) is 1.86. The van der Waals surface area contributed by atoms with Crippen LogP contribution in [0.4, 0.5) is 0 Å². The van der Waals surface area contributed by atoms with Gasteiger partial charge >= 0.3 is 93.2 Å². The zero-order valence-corrected chi connectivity index (χ0v) is 20.4. The molecular weight excluding hydrogens is 679 g/mol. The van der Waals surface area contributed by atoms with Gasteiger partial charge in [-0.05, 0) is 0 Å². The Morgan fingerprint density at radius 3 is 0.538 bits per heavy atom. The topological polar surface area (TPSA) is 471 Å². The number of carboxylic acid groups (broad SMARTS) is 1. The van der Waals surface area contributed by atoms with E-state index < -0.39 is 56.2 Å². The SMILES string of the molecule is CC(=O)O.N.N.N.N.N.N.[Co].[O]=[Mo](=[O])([OH])[OH].[O]=[Mo](=[O])([OH])[OH].[O]=[Mo](=[O])([OH])[OH]. The van der Waals surface area contributed by atoms with Crippen molar-refractivity contribution in [3.63, 3.8) is 0 Å². The minimum atomic E-state index is -5.52. The molecule has 0 aromatic heterocycles. The Morgan fingerprint density at radius 1 is 0.538 bits per heavy atom. The van der Waals surface area contributed by atoms with Crippen molar-refractivity contribution in [1.29, 1.82) is 0 Å². The summed E-state index contributed by atoms with van der Waals surface area (Å²) in [6.07, 6.45) is 0. The summed E-state index contributed by atoms with van der Waals surface area (Å²) in [4.78, 5) is 9.00. The first-order valence-corrected chi connectivity index (χ1v) is 13.3. The van der Waals surface area contributed by atoms with Crippen LogP contribution < -0.4 is 36.9 Å². The summed E-state index contributed by atoms with van der Waals surface area (Å²) in [5.41, 5.74) is 0. The fourth-order valence-corrected chi connectivity index (χ4v) is 0. The third kappa shape index (κ3) is 102000. The molecule has 0 aliphatic heterocycles. The number of carboxylic acids is 1. The Hall–Kier alpha value is 0.361. The van der Waals surface area contributed by atoms with Crippen molar-refractivity contribution in [2.45, 2.75) is 6.92 Å². The molecule has 25 N–H and O–H groups in total. The second kappa shape index (κ2) is 33.0. The van der Waals surface area contributed by atoms with Crippen LogP contribution in [-0.4, -0.2) is 33.6 Å². The van der Waals surface area contributed by atoms with Gasteiger partial charge in [0.1, 0.15) is 0 Å². The molecule has 0 atom stereocenters. The maximum atomic E-state index is 9.00. The minimum absolute atomic E-state index is 0. The Labute approximate surface area is 168 Å². The molecule has 0 bridgehead atoms. The maximum absolute atomic E-state index is 9.00. The van der Waals surface area contributed by atoms with Crippen molar-refractivity contribution < 1.29 is 120 Å². The average molecular weight is 707 g/mol. The van der Waals surface area contributed by atoms with Crippen molar-refractivity contribution in [3.8, 4) is 0 Å². The van der Waals surface area contributed by atoms with E-state index in [9.17, 15) is 0 Å². The van der Waals surface area contributed by atoms with Crippen LogP contribution >= 0.6 is 0 Å². The summed E-state index contributed by atoms with van der Waals surface area (Å²) in [7, 11) is 0. The van der Waals surface area contributed by atoms with Gasteiger partial charge in [0.15, 0.2) is 0 Å². The summed E-state index contributed by atoms with van der Waals surface area (Å²) >= 11 is -16.6. The summed E-state index contributed by atoms with van der Waals surface area (Å²) in [5.74, 6) is -0.833. The van der Waals surface area contributed by atoms with Gasteiger partial charge in [0.2, 0.25) is 0 Å². The molecule has 0 saturated heterocycles. The van der Waals surface area contributed by atoms with E-state index >= 15 is 0 Å². The van der Waals surface area contributed by atoms with Gasteiger partial charge in [-0.1, -0.05) is 0 Å². The predicted molar refractivity (Wildman–Crippen MR) is 60.9 cm³/mol.